The summed E-state index contributed by atoms with van der Waals surface area (Å²) < 4.78 is 11.0. The Labute approximate surface area is 120 Å². The monoisotopic (exact) mass is 293 g/mol. The summed E-state index contributed by atoms with van der Waals surface area (Å²) in [6.07, 6.45) is 1.52. The Morgan fingerprint density at radius 2 is 2.33 bits per heavy atom. The standard InChI is InChI=1S/C12H15N5O4/c1-2-20-12(19)10-11(13)17(16-15-10)7-9(18)14-6-8-4-3-5-21-8/h3-5H,2,6-7,13H2,1H3,(H,14,18). The van der Waals surface area contributed by atoms with Crippen molar-refractivity contribution in [1.29, 1.82) is 0 Å². The molecule has 0 radical (unpaired) electrons. The van der Waals surface area contributed by atoms with E-state index in [9.17, 15) is 9.59 Å². The van der Waals surface area contributed by atoms with E-state index in [-0.39, 0.29) is 37.1 Å². The first-order chi connectivity index (χ1) is 10.1. The fraction of sp³-hybridized carbons (Fsp3) is 0.333. The number of nitrogens with one attached hydrogen (secondary N) is 1. The number of nitrogens with zero attached hydrogens (tertiary/aromatic N) is 3. The van der Waals surface area contributed by atoms with Crippen LogP contribution in [0, 0.1) is 0 Å². The maximum atomic E-state index is 11.8. The van der Waals surface area contributed by atoms with Crippen LogP contribution in [0.5, 0.6) is 0 Å². The third kappa shape index (κ3) is 3.59. The summed E-state index contributed by atoms with van der Waals surface area (Å²) in [7, 11) is 0. The number of amides is 1. The fourth-order valence-corrected chi connectivity index (χ4v) is 1.57. The van der Waals surface area contributed by atoms with Crippen molar-refractivity contribution in [3.8, 4) is 0 Å². The Hall–Kier alpha value is -2.84. The van der Waals surface area contributed by atoms with Gasteiger partial charge in [0.1, 0.15) is 12.3 Å². The highest BCUT2D eigenvalue weighted by Gasteiger charge is 2.19. The van der Waals surface area contributed by atoms with Crippen molar-refractivity contribution >= 4 is 17.7 Å². The summed E-state index contributed by atoms with van der Waals surface area (Å²) in [6.45, 7) is 1.97. The lowest BCUT2D eigenvalue weighted by Gasteiger charge is -2.04. The highest BCUT2D eigenvalue weighted by Crippen LogP contribution is 2.09. The number of rotatable bonds is 6. The highest BCUT2D eigenvalue weighted by molar-refractivity contribution is 5.92. The molecule has 2 aromatic heterocycles. The Morgan fingerprint density at radius 3 is 3.00 bits per heavy atom. The van der Waals surface area contributed by atoms with Gasteiger partial charge in [-0.2, -0.15) is 0 Å². The van der Waals surface area contributed by atoms with E-state index in [0.717, 1.165) is 4.68 Å². The molecule has 0 saturated heterocycles. The first kappa shape index (κ1) is 14.6. The number of anilines is 1. The van der Waals surface area contributed by atoms with Crippen LogP contribution in [-0.4, -0.2) is 33.5 Å². The first-order valence-corrected chi connectivity index (χ1v) is 6.27. The number of nitrogens with two attached hydrogens (primary N) is 1. The van der Waals surface area contributed by atoms with Crippen LogP contribution >= 0.6 is 0 Å². The Morgan fingerprint density at radius 1 is 1.52 bits per heavy atom. The molecular weight excluding hydrogens is 278 g/mol. The average Bonchev–Trinajstić information content (AvgIpc) is 3.08. The number of furan rings is 1. The van der Waals surface area contributed by atoms with E-state index in [2.05, 4.69) is 15.6 Å². The minimum absolute atomic E-state index is 0.0124. The summed E-state index contributed by atoms with van der Waals surface area (Å²) in [5.74, 6) is -0.389. The molecule has 3 N–H and O–H groups in total. The predicted molar refractivity (Wildman–Crippen MR) is 70.9 cm³/mol. The number of esters is 1. The molecule has 0 bridgehead atoms. The topological polar surface area (TPSA) is 125 Å². The number of carbonyl (C=O) groups is 2. The summed E-state index contributed by atoms with van der Waals surface area (Å²) >= 11 is 0. The van der Waals surface area contributed by atoms with Gasteiger partial charge in [0.25, 0.3) is 0 Å². The summed E-state index contributed by atoms with van der Waals surface area (Å²) in [5.41, 5.74) is 5.61. The maximum Gasteiger partial charge on any atom is 0.362 e. The molecule has 2 rings (SSSR count). The van der Waals surface area contributed by atoms with Crippen LogP contribution in [0.15, 0.2) is 22.8 Å². The lowest BCUT2D eigenvalue weighted by Crippen LogP contribution is -2.28. The van der Waals surface area contributed by atoms with Crippen LogP contribution in [0.25, 0.3) is 0 Å². The van der Waals surface area contributed by atoms with E-state index in [1.807, 2.05) is 0 Å². The summed E-state index contributed by atoms with van der Waals surface area (Å²) in [5, 5.41) is 9.90. The van der Waals surface area contributed by atoms with Gasteiger partial charge in [0, 0.05) is 0 Å². The number of aromatic nitrogens is 3. The number of hydrogen-bond donors (Lipinski definition) is 2. The SMILES string of the molecule is CCOC(=O)c1nnn(CC(=O)NCc2ccco2)c1N. The molecule has 0 fully saturated rings. The van der Waals surface area contributed by atoms with Crippen LogP contribution in [0.2, 0.25) is 0 Å². The van der Waals surface area contributed by atoms with E-state index >= 15 is 0 Å². The normalized spacial score (nSPS) is 10.3. The second-order valence-electron chi connectivity index (χ2n) is 4.06. The van der Waals surface area contributed by atoms with Crippen LogP contribution in [0.1, 0.15) is 23.2 Å². The van der Waals surface area contributed by atoms with Crippen molar-refractivity contribution in [2.75, 3.05) is 12.3 Å². The van der Waals surface area contributed by atoms with Gasteiger partial charge >= 0.3 is 5.97 Å². The van der Waals surface area contributed by atoms with Gasteiger partial charge in [-0.15, -0.1) is 5.10 Å². The van der Waals surface area contributed by atoms with Crippen LogP contribution in [0.3, 0.4) is 0 Å². The molecule has 0 atom stereocenters. The number of ether oxygens (including phenoxy) is 1. The van der Waals surface area contributed by atoms with Crippen molar-refractivity contribution in [1.82, 2.24) is 20.3 Å². The largest absolute Gasteiger partial charge is 0.467 e. The van der Waals surface area contributed by atoms with E-state index in [1.165, 1.54) is 6.26 Å². The molecule has 9 nitrogen and oxygen atoms in total. The number of nitrogen functional groups attached to an aromatic ring is 1. The second kappa shape index (κ2) is 6.55. The smallest absolute Gasteiger partial charge is 0.362 e. The van der Waals surface area contributed by atoms with Gasteiger partial charge in [0.2, 0.25) is 11.6 Å². The van der Waals surface area contributed by atoms with Gasteiger partial charge in [-0.3, -0.25) is 4.79 Å². The molecule has 21 heavy (non-hydrogen) atoms. The van der Waals surface area contributed by atoms with E-state index in [0.29, 0.717) is 5.76 Å². The van der Waals surface area contributed by atoms with Crippen molar-refractivity contribution in [3.05, 3.63) is 29.9 Å². The Balaban J connectivity index is 1.93. The molecule has 2 aromatic rings. The average molecular weight is 293 g/mol. The molecule has 0 aliphatic heterocycles. The van der Waals surface area contributed by atoms with E-state index in [1.54, 1.807) is 19.1 Å². The van der Waals surface area contributed by atoms with Gasteiger partial charge in [-0.05, 0) is 19.1 Å². The zero-order valence-corrected chi connectivity index (χ0v) is 11.4. The lowest BCUT2D eigenvalue weighted by molar-refractivity contribution is -0.122. The van der Waals surface area contributed by atoms with E-state index < -0.39 is 5.97 Å². The van der Waals surface area contributed by atoms with Gasteiger partial charge in [0.05, 0.1) is 19.4 Å². The first-order valence-electron chi connectivity index (χ1n) is 6.27. The van der Waals surface area contributed by atoms with Crippen molar-refractivity contribution in [2.24, 2.45) is 0 Å². The minimum Gasteiger partial charge on any atom is -0.467 e. The zero-order valence-electron chi connectivity index (χ0n) is 11.4. The molecule has 1 amide bonds. The molecule has 0 spiro atoms. The zero-order chi connectivity index (χ0) is 15.2. The summed E-state index contributed by atoms with van der Waals surface area (Å²) in [6, 6.07) is 3.46. The van der Waals surface area contributed by atoms with E-state index in [4.69, 9.17) is 14.9 Å². The third-order valence-corrected chi connectivity index (χ3v) is 2.58. The lowest BCUT2D eigenvalue weighted by atomic mass is 10.4. The van der Waals surface area contributed by atoms with Crippen molar-refractivity contribution in [3.63, 3.8) is 0 Å². The maximum absolute atomic E-state index is 11.8. The molecule has 112 valence electrons. The van der Waals surface area contributed by atoms with Gasteiger partial charge < -0.3 is 20.2 Å². The minimum atomic E-state index is -0.669. The molecule has 9 heteroatoms. The van der Waals surface area contributed by atoms with Gasteiger partial charge in [-0.1, -0.05) is 5.21 Å². The Kier molecular flexibility index (Phi) is 4.54. The third-order valence-electron chi connectivity index (χ3n) is 2.58. The second-order valence-corrected chi connectivity index (χ2v) is 4.06. The van der Waals surface area contributed by atoms with Gasteiger partial charge in [-0.25, -0.2) is 9.48 Å². The van der Waals surface area contributed by atoms with Crippen molar-refractivity contribution < 1.29 is 18.7 Å². The number of hydrogen-bond acceptors (Lipinski definition) is 7. The Bertz CT molecular complexity index is 620. The van der Waals surface area contributed by atoms with Gasteiger partial charge in [0.15, 0.2) is 5.82 Å². The van der Waals surface area contributed by atoms with Crippen LogP contribution in [-0.2, 0) is 22.6 Å². The predicted octanol–water partition coefficient (Wildman–Crippen LogP) is -0.0536. The molecule has 2 heterocycles. The quantitative estimate of drug-likeness (QED) is 0.715. The number of carbonyl (C=O) groups excluding carboxylic acids is 2. The fourth-order valence-electron chi connectivity index (χ4n) is 1.57. The van der Waals surface area contributed by atoms with Crippen LogP contribution in [0.4, 0.5) is 5.82 Å². The highest BCUT2D eigenvalue weighted by atomic mass is 16.5. The molecule has 0 unspecified atom stereocenters. The molecule has 0 aliphatic rings. The summed E-state index contributed by atoms with van der Waals surface area (Å²) in [4.78, 5) is 23.3. The molecule has 0 aromatic carbocycles. The van der Waals surface area contributed by atoms with Crippen molar-refractivity contribution in [2.45, 2.75) is 20.0 Å². The molecular formula is C12H15N5O4. The molecule has 0 saturated carbocycles. The van der Waals surface area contributed by atoms with Crippen LogP contribution < -0.4 is 11.1 Å². The molecule has 0 aliphatic carbocycles.